The van der Waals surface area contributed by atoms with E-state index in [9.17, 15) is 24.3 Å². The van der Waals surface area contributed by atoms with Crippen molar-refractivity contribution < 1.29 is 33.8 Å². The van der Waals surface area contributed by atoms with Gasteiger partial charge in [-0.25, -0.2) is 9.59 Å². The number of nitrogens with one attached hydrogen (secondary N) is 2. The summed E-state index contributed by atoms with van der Waals surface area (Å²) in [5.41, 5.74) is 1.90. The van der Waals surface area contributed by atoms with Gasteiger partial charge in [0.2, 0.25) is 5.91 Å². The van der Waals surface area contributed by atoms with Crippen LogP contribution in [0.2, 0.25) is 0 Å². The van der Waals surface area contributed by atoms with E-state index in [0.29, 0.717) is 34.9 Å². The summed E-state index contributed by atoms with van der Waals surface area (Å²) in [7, 11) is 0. The number of aliphatic carboxylic acids is 1. The first-order valence-electron chi connectivity index (χ1n) is 15.8. The fraction of sp³-hybridized carbons (Fsp3) is 0.389. The molecular weight excluding hydrogens is 572 g/mol. The number of amides is 2. The molecule has 9 nitrogen and oxygen atoms in total. The molecule has 1 aliphatic carbocycles. The number of carbonyl (C=O) groups excluding carboxylic acids is 3. The standard InChI is InChI=1S/C36H42N2O7/c1-2-3-4-5-8-23-44-30-21-15-28(16-22-30)36(43)45-31-19-11-25(12-20-31)24-32(35(41)42)38-34(40)27-13-17-29(18-14-27)37-33(39)26-9-6-7-10-26/h11-22,26,32H,2-10,23-24H2,1H3,(H,37,39)(H,38,40)(H,41,42)/t32-/m0/s1. The van der Waals surface area contributed by atoms with Crippen molar-refractivity contribution in [2.24, 2.45) is 5.92 Å². The number of ether oxygens (including phenoxy) is 2. The van der Waals surface area contributed by atoms with E-state index in [1.54, 1.807) is 72.8 Å². The lowest BCUT2D eigenvalue weighted by atomic mass is 10.0. The van der Waals surface area contributed by atoms with Crippen molar-refractivity contribution in [2.45, 2.75) is 77.2 Å². The Hall–Kier alpha value is -4.66. The van der Waals surface area contributed by atoms with Gasteiger partial charge < -0.3 is 25.2 Å². The lowest BCUT2D eigenvalue weighted by Gasteiger charge is -2.15. The molecule has 0 spiro atoms. The molecule has 3 N–H and O–H groups in total. The molecule has 9 heteroatoms. The number of hydrogen-bond donors (Lipinski definition) is 3. The molecule has 4 rings (SSSR count). The minimum absolute atomic E-state index is 0.0146. The zero-order valence-corrected chi connectivity index (χ0v) is 25.8. The second-order valence-corrected chi connectivity index (χ2v) is 11.4. The number of esters is 1. The predicted molar refractivity (Wildman–Crippen MR) is 172 cm³/mol. The second kappa shape index (κ2) is 17.0. The van der Waals surface area contributed by atoms with Crippen LogP contribution in [0.5, 0.6) is 11.5 Å². The Morgan fingerprint density at radius 1 is 0.800 bits per heavy atom. The van der Waals surface area contributed by atoms with Crippen molar-refractivity contribution in [3.8, 4) is 11.5 Å². The van der Waals surface area contributed by atoms with Gasteiger partial charge in [0, 0.05) is 23.6 Å². The average molecular weight is 615 g/mol. The van der Waals surface area contributed by atoms with E-state index >= 15 is 0 Å². The summed E-state index contributed by atoms with van der Waals surface area (Å²) < 4.78 is 11.2. The van der Waals surface area contributed by atoms with Crippen molar-refractivity contribution in [2.75, 3.05) is 11.9 Å². The lowest BCUT2D eigenvalue weighted by Crippen LogP contribution is -2.42. The highest BCUT2D eigenvalue weighted by atomic mass is 16.5. The van der Waals surface area contributed by atoms with Gasteiger partial charge in [0.05, 0.1) is 12.2 Å². The van der Waals surface area contributed by atoms with Crippen molar-refractivity contribution in [3.63, 3.8) is 0 Å². The normalized spacial score (nSPS) is 13.5. The number of rotatable bonds is 16. The van der Waals surface area contributed by atoms with E-state index in [4.69, 9.17) is 9.47 Å². The molecule has 2 amide bonds. The Kier molecular flexibility index (Phi) is 12.5. The molecule has 0 saturated heterocycles. The molecule has 0 aromatic heterocycles. The van der Waals surface area contributed by atoms with Crippen LogP contribution in [-0.2, 0) is 16.0 Å². The number of hydrogen-bond acceptors (Lipinski definition) is 6. The van der Waals surface area contributed by atoms with Crippen LogP contribution >= 0.6 is 0 Å². The number of unbranched alkanes of at least 4 members (excludes halogenated alkanes) is 4. The monoisotopic (exact) mass is 614 g/mol. The average Bonchev–Trinajstić information content (AvgIpc) is 3.59. The third-order valence-electron chi connectivity index (χ3n) is 7.92. The predicted octanol–water partition coefficient (Wildman–Crippen LogP) is 6.81. The summed E-state index contributed by atoms with van der Waals surface area (Å²) in [4.78, 5) is 49.7. The summed E-state index contributed by atoms with van der Waals surface area (Å²) in [5, 5.41) is 15.2. The van der Waals surface area contributed by atoms with Gasteiger partial charge >= 0.3 is 11.9 Å². The molecule has 1 saturated carbocycles. The molecular formula is C36H42N2O7. The van der Waals surface area contributed by atoms with E-state index < -0.39 is 23.9 Å². The lowest BCUT2D eigenvalue weighted by molar-refractivity contribution is -0.139. The van der Waals surface area contributed by atoms with Crippen LogP contribution in [0, 0.1) is 5.92 Å². The van der Waals surface area contributed by atoms with Crippen molar-refractivity contribution in [1.82, 2.24) is 5.32 Å². The molecule has 0 heterocycles. The maximum Gasteiger partial charge on any atom is 0.343 e. The Labute approximate surface area is 264 Å². The first-order chi connectivity index (χ1) is 21.8. The molecule has 1 aliphatic rings. The van der Waals surface area contributed by atoms with Gasteiger partial charge in [-0.05, 0) is 85.5 Å². The Morgan fingerprint density at radius 3 is 2.07 bits per heavy atom. The highest BCUT2D eigenvalue weighted by molar-refractivity contribution is 5.98. The van der Waals surface area contributed by atoms with Gasteiger partial charge in [-0.1, -0.05) is 57.6 Å². The molecule has 0 aliphatic heterocycles. The number of benzene rings is 3. The molecule has 0 radical (unpaired) electrons. The minimum atomic E-state index is -1.18. The molecule has 3 aromatic carbocycles. The van der Waals surface area contributed by atoms with Gasteiger partial charge in [-0.2, -0.15) is 0 Å². The third-order valence-corrected chi connectivity index (χ3v) is 7.92. The fourth-order valence-electron chi connectivity index (χ4n) is 5.26. The van der Waals surface area contributed by atoms with Gasteiger partial charge in [0.1, 0.15) is 17.5 Å². The highest BCUT2D eigenvalue weighted by Crippen LogP contribution is 2.26. The number of carbonyl (C=O) groups is 4. The van der Waals surface area contributed by atoms with Crippen LogP contribution < -0.4 is 20.1 Å². The third kappa shape index (κ3) is 10.5. The minimum Gasteiger partial charge on any atom is -0.494 e. The SMILES string of the molecule is CCCCCCCOc1ccc(C(=O)Oc2ccc(C[C@H](NC(=O)c3ccc(NC(=O)C4CCCC4)cc3)C(=O)O)cc2)cc1. The van der Waals surface area contributed by atoms with Crippen LogP contribution in [0.25, 0.3) is 0 Å². The Bertz CT molecular complexity index is 1410. The Morgan fingerprint density at radius 2 is 1.42 bits per heavy atom. The maximum atomic E-state index is 12.8. The summed E-state index contributed by atoms with van der Waals surface area (Å²) in [6.45, 7) is 2.82. The van der Waals surface area contributed by atoms with E-state index in [2.05, 4.69) is 17.6 Å². The van der Waals surface area contributed by atoms with Gasteiger partial charge in [0.15, 0.2) is 0 Å². The molecule has 238 valence electrons. The molecule has 3 aromatic rings. The van der Waals surface area contributed by atoms with Crippen molar-refractivity contribution >= 4 is 29.4 Å². The summed E-state index contributed by atoms with van der Waals surface area (Å²) in [6.07, 6.45) is 9.72. The Balaban J connectivity index is 1.24. The summed E-state index contributed by atoms with van der Waals surface area (Å²) in [5.74, 6) is -1.21. The molecule has 1 fully saturated rings. The zero-order valence-electron chi connectivity index (χ0n) is 25.8. The number of anilines is 1. The van der Waals surface area contributed by atoms with Crippen LogP contribution in [-0.4, -0.2) is 41.5 Å². The van der Waals surface area contributed by atoms with Gasteiger partial charge in [-0.3, -0.25) is 9.59 Å². The van der Waals surface area contributed by atoms with Crippen LogP contribution in [0.3, 0.4) is 0 Å². The smallest absolute Gasteiger partial charge is 0.343 e. The quantitative estimate of drug-likeness (QED) is 0.0918. The van der Waals surface area contributed by atoms with E-state index in [1.807, 2.05) is 0 Å². The number of carboxylic acids is 1. The topological polar surface area (TPSA) is 131 Å². The fourth-order valence-corrected chi connectivity index (χ4v) is 5.26. The van der Waals surface area contributed by atoms with Crippen LogP contribution in [0.1, 0.15) is 91.0 Å². The molecule has 1 atom stereocenters. The van der Waals surface area contributed by atoms with Crippen LogP contribution in [0.4, 0.5) is 5.69 Å². The van der Waals surface area contributed by atoms with Gasteiger partial charge in [0.25, 0.3) is 5.91 Å². The summed E-state index contributed by atoms with van der Waals surface area (Å²) in [6, 6.07) is 18.5. The molecule has 0 unspecified atom stereocenters. The van der Waals surface area contributed by atoms with E-state index in [1.165, 1.54) is 19.3 Å². The maximum absolute atomic E-state index is 12.8. The van der Waals surface area contributed by atoms with Crippen molar-refractivity contribution in [3.05, 3.63) is 89.5 Å². The van der Waals surface area contributed by atoms with Crippen LogP contribution in [0.15, 0.2) is 72.8 Å². The molecule has 45 heavy (non-hydrogen) atoms. The number of carboxylic acid groups (broad SMARTS) is 1. The first kappa shape index (κ1) is 33.2. The van der Waals surface area contributed by atoms with Crippen molar-refractivity contribution in [1.29, 1.82) is 0 Å². The highest BCUT2D eigenvalue weighted by Gasteiger charge is 2.24. The molecule has 0 bridgehead atoms. The van der Waals surface area contributed by atoms with E-state index in [0.717, 1.165) is 38.5 Å². The largest absolute Gasteiger partial charge is 0.494 e. The second-order valence-electron chi connectivity index (χ2n) is 11.4. The zero-order chi connectivity index (χ0) is 32.0. The van der Waals surface area contributed by atoms with E-state index in [-0.39, 0.29) is 23.8 Å². The first-order valence-corrected chi connectivity index (χ1v) is 15.8. The summed E-state index contributed by atoms with van der Waals surface area (Å²) >= 11 is 0. The van der Waals surface area contributed by atoms with Gasteiger partial charge in [-0.15, -0.1) is 0 Å².